The highest BCUT2D eigenvalue weighted by atomic mass is 16.5. The van der Waals surface area contributed by atoms with E-state index in [-0.39, 0.29) is 12.0 Å². The molecule has 1 aliphatic heterocycles. The predicted octanol–water partition coefficient (Wildman–Crippen LogP) is 1.93. The zero-order chi connectivity index (χ0) is 17.8. The summed E-state index contributed by atoms with van der Waals surface area (Å²) in [5.41, 5.74) is 3.76. The lowest BCUT2D eigenvalue weighted by molar-refractivity contribution is -0.139. The number of aryl methyl sites for hydroxylation is 3. The normalized spacial score (nSPS) is 17.6. The summed E-state index contributed by atoms with van der Waals surface area (Å²) in [5.74, 6) is 0.128. The molecule has 0 bridgehead atoms. The van der Waals surface area contributed by atoms with Crippen LogP contribution in [0.15, 0.2) is 24.4 Å². The molecule has 3 heterocycles. The van der Waals surface area contributed by atoms with E-state index in [0.29, 0.717) is 32.7 Å². The second kappa shape index (κ2) is 7.65. The molecule has 1 N–H and O–H groups in total. The van der Waals surface area contributed by atoms with Crippen LogP contribution in [-0.4, -0.2) is 52.3 Å². The highest BCUT2D eigenvalue weighted by molar-refractivity contribution is 5.76. The standard InChI is InChI=1S/C18H25N5O2/c1-13-4-6-23(21-13)7-5-18(24)22-8-9-25-17(12-22)16-11-15(19-3)10-14(2)20-16/h4,6,10-11,17H,5,7-9,12H2,1-3H3,(H,19,20). The van der Waals surface area contributed by atoms with E-state index < -0.39 is 0 Å². The molecule has 3 rings (SSSR count). The first-order valence-electron chi connectivity index (χ1n) is 8.61. The van der Waals surface area contributed by atoms with Gasteiger partial charge in [-0.05, 0) is 32.0 Å². The van der Waals surface area contributed by atoms with E-state index in [0.717, 1.165) is 22.8 Å². The summed E-state index contributed by atoms with van der Waals surface area (Å²) in [7, 11) is 1.88. The summed E-state index contributed by atoms with van der Waals surface area (Å²) in [6.45, 7) is 6.19. The van der Waals surface area contributed by atoms with Crippen LogP contribution in [0.1, 0.15) is 29.6 Å². The minimum atomic E-state index is -0.184. The summed E-state index contributed by atoms with van der Waals surface area (Å²) in [4.78, 5) is 19.0. The third-order valence-corrected chi connectivity index (χ3v) is 4.34. The van der Waals surface area contributed by atoms with Gasteiger partial charge in [0.2, 0.25) is 5.91 Å². The smallest absolute Gasteiger partial charge is 0.224 e. The van der Waals surface area contributed by atoms with Gasteiger partial charge in [-0.25, -0.2) is 0 Å². The number of hydrogen-bond donors (Lipinski definition) is 1. The topological polar surface area (TPSA) is 72.3 Å². The molecule has 0 saturated carbocycles. The Hall–Kier alpha value is -2.41. The number of ether oxygens (including phenoxy) is 1. The summed E-state index contributed by atoms with van der Waals surface area (Å²) in [6, 6.07) is 5.91. The maximum atomic E-state index is 12.5. The quantitative estimate of drug-likeness (QED) is 0.898. The van der Waals surface area contributed by atoms with Crippen molar-refractivity contribution in [3.05, 3.63) is 41.5 Å². The van der Waals surface area contributed by atoms with E-state index in [4.69, 9.17) is 4.74 Å². The molecule has 7 heteroatoms. The van der Waals surface area contributed by atoms with Crippen molar-refractivity contribution < 1.29 is 9.53 Å². The van der Waals surface area contributed by atoms with Crippen LogP contribution in [0.3, 0.4) is 0 Å². The molecule has 25 heavy (non-hydrogen) atoms. The Morgan fingerprint density at radius 1 is 1.36 bits per heavy atom. The summed E-state index contributed by atoms with van der Waals surface area (Å²) in [6.07, 6.45) is 2.16. The Morgan fingerprint density at radius 2 is 2.20 bits per heavy atom. The van der Waals surface area contributed by atoms with Crippen LogP contribution in [0, 0.1) is 13.8 Å². The number of anilines is 1. The number of nitrogens with one attached hydrogen (secondary N) is 1. The Bertz CT molecular complexity index is 743. The van der Waals surface area contributed by atoms with Gasteiger partial charge in [0.15, 0.2) is 0 Å². The summed E-state index contributed by atoms with van der Waals surface area (Å²) >= 11 is 0. The highest BCUT2D eigenvalue weighted by Crippen LogP contribution is 2.24. The Kier molecular flexibility index (Phi) is 5.33. The van der Waals surface area contributed by atoms with E-state index >= 15 is 0 Å². The second-order valence-electron chi connectivity index (χ2n) is 6.34. The number of aromatic nitrogens is 3. The Balaban J connectivity index is 1.62. The molecule has 1 fully saturated rings. The summed E-state index contributed by atoms with van der Waals surface area (Å²) in [5, 5.41) is 7.46. The van der Waals surface area contributed by atoms with Crippen molar-refractivity contribution in [2.45, 2.75) is 32.9 Å². The molecule has 7 nitrogen and oxygen atoms in total. The second-order valence-corrected chi connectivity index (χ2v) is 6.34. The average molecular weight is 343 g/mol. The van der Waals surface area contributed by atoms with Crippen molar-refractivity contribution in [1.82, 2.24) is 19.7 Å². The van der Waals surface area contributed by atoms with Crippen LogP contribution in [0.5, 0.6) is 0 Å². The third kappa shape index (κ3) is 4.36. The lowest BCUT2D eigenvalue weighted by Crippen LogP contribution is -2.42. The maximum Gasteiger partial charge on any atom is 0.224 e. The fourth-order valence-corrected chi connectivity index (χ4v) is 3.01. The molecular weight excluding hydrogens is 318 g/mol. The van der Waals surface area contributed by atoms with E-state index in [9.17, 15) is 4.79 Å². The number of rotatable bonds is 5. The largest absolute Gasteiger partial charge is 0.388 e. The maximum absolute atomic E-state index is 12.5. The van der Waals surface area contributed by atoms with Gasteiger partial charge in [0.05, 0.1) is 24.5 Å². The first-order valence-corrected chi connectivity index (χ1v) is 8.61. The predicted molar refractivity (Wildman–Crippen MR) is 95.4 cm³/mol. The van der Waals surface area contributed by atoms with Gasteiger partial charge in [-0.1, -0.05) is 0 Å². The average Bonchev–Trinajstić information content (AvgIpc) is 3.04. The van der Waals surface area contributed by atoms with Crippen molar-refractivity contribution >= 4 is 11.6 Å². The lowest BCUT2D eigenvalue weighted by Gasteiger charge is -2.33. The molecule has 0 spiro atoms. The zero-order valence-corrected chi connectivity index (χ0v) is 15.0. The molecule has 1 aliphatic rings. The Morgan fingerprint density at radius 3 is 2.92 bits per heavy atom. The zero-order valence-electron chi connectivity index (χ0n) is 15.0. The van der Waals surface area contributed by atoms with Crippen LogP contribution >= 0.6 is 0 Å². The van der Waals surface area contributed by atoms with Gasteiger partial charge in [0, 0.05) is 44.1 Å². The number of pyridine rings is 1. The van der Waals surface area contributed by atoms with Gasteiger partial charge >= 0.3 is 0 Å². The molecule has 0 radical (unpaired) electrons. The van der Waals surface area contributed by atoms with Crippen molar-refractivity contribution in [3.63, 3.8) is 0 Å². The van der Waals surface area contributed by atoms with Crippen LogP contribution in [0.4, 0.5) is 5.69 Å². The molecule has 0 aliphatic carbocycles. The lowest BCUT2D eigenvalue weighted by atomic mass is 10.1. The molecule has 1 saturated heterocycles. The van der Waals surface area contributed by atoms with E-state index in [1.807, 2.05) is 54.9 Å². The number of amides is 1. The third-order valence-electron chi connectivity index (χ3n) is 4.34. The molecule has 0 aromatic carbocycles. The minimum absolute atomic E-state index is 0.128. The monoisotopic (exact) mass is 343 g/mol. The van der Waals surface area contributed by atoms with Crippen LogP contribution < -0.4 is 5.32 Å². The number of nitrogens with zero attached hydrogens (tertiary/aromatic N) is 4. The number of hydrogen-bond acceptors (Lipinski definition) is 5. The SMILES string of the molecule is CNc1cc(C)nc(C2CN(C(=O)CCn3ccc(C)n3)CCO2)c1. The van der Waals surface area contributed by atoms with Gasteiger partial charge in [-0.3, -0.25) is 14.5 Å². The first kappa shape index (κ1) is 17.4. The van der Waals surface area contributed by atoms with Crippen molar-refractivity contribution in [2.24, 2.45) is 0 Å². The molecule has 1 amide bonds. The summed E-state index contributed by atoms with van der Waals surface area (Å²) < 4.78 is 7.68. The van der Waals surface area contributed by atoms with Gasteiger partial charge in [-0.15, -0.1) is 0 Å². The molecule has 1 atom stereocenters. The molecular formula is C18H25N5O2. The minimum Gasteiger partial charge on any atom is -0.388 e. The molecule has 2 aromatic rings. The first-order chi connectivity index (χ1) is 12.0. The van der Waals surface area contributed by atoms with Crippen LogP contribution in [0.2, 0.25) is 0 Å². The Labute approximate surface area is 148 Å². The van der Waals surface area contributed by atoms with Crippen molar-refractivity contribution in [1.29, 1.82) is 0 Å². The van der Waals surface area contributed by atoms with E-state index in [1.54, 1.807) is 0 Å². The fraction of sp³-hybridized carbons (Fsp3) is 0.500. The highest BCUT2D eigenvalue weighted by Gasteiger charge is 2.26. The van der Waals surface area contributed by atoms with E-state index in [2.05, 4.69) is 15.4 Å². The van der Waals surface area contributed by atoms with Crippen LogP contribution in [-0.2, 0) is 16.1 Å². The van der Waals surface area contributed by atoms with Crippen molar-refractivity contribution in [3.8, 4) is 0 Å². The fourth-order valence-electron chi connectivity index (χ4n) is 3.01. The molecule has 2 aromatic heterocycles. The number of carbonyl (C=O) groups excluding carboxylic acids is 1. The van der Waals surface area contributed by atoms with Gasteiger partial charge in [0.1, 0.15) is 6.10 Å². The van der Waals surface area contributed by atoms with E-state index in [1.165, 1.54) is 0 Å². The number of carbonyl (C=O) groups is 1. The number of morpholine rings is 1. The van der Waals surface area contributed by atoms with Gasteiger partial charge in [-0.2, -0.15) is 5.10 Å². The molecule has 1 unspecified atom stereocenters. The van der Waals surface area contributed by atoms with Gasteiger partial charge < -0.3 is 15.0 Å². The van der Waals surface area contributed by atoms with Gasteiger partial charge in [0.25, 0.3) is 0 Å². The van der Waals surface area contributed by atoms with Crippen LogP contribution in [0.25, 0.3) is 0 Å². The van der Waals surface area contributed by atoms with Crippen molar-refractivity contribution in [2.75, 3.05) is 32.1 Å². The molecule has 134 valence electrons.